The van der Waals surface area contributed by atoms with Crippen molar-refractivity contribution >= 4 is 28.7 Å². The molecule has 2 N–H and O–H groups in total. The van der Waals surface area contributed by atoms with Crippen molar-refractivity contribution in [3.63, 3.8) is 0 Å². The molecule has 146 valence electrons. The van der Waals surface area contributed by atoms with Gasteiger partial charge in [0.2, 0.25) is 5.91 Å². The van der Waals surface area contributed by atoms with E-state index < -0.39 is 6.04 Å². The monoisotopic (exact) mass is 404 g/mol. The molecular weight excluding hydrogens is 384 g/mol. The van der Waals surface area contributed by atoms with E-state index >= 15 is 0 Å². The van der Waals surface area contributed by atoms with Gasteiger partial charge in [-0.05, 0) is 17.7 Å². The molecule has 1 aromatic carbocycles. The number of pyridine rings is 1. The fourth-order valence-corrected chi connectivity index (χ4v) is 3.66. The Balaban J connectivity index is 1.57. The number of carbonyl (C=O) groups excluding carboxylic acids is 1. The van der Waals surface area contributed by atoms with E-state index in [2.05, 4.69) is 25.5 Å². The molecule has 4 aromatic rings. The van der Waals surface area contributed by atoms with Gasteiger partial charge in [-0.15, -0.1) is 11.3 Å². The number of benzene rings is 1. The summed E-state index contributed by atoms with van der Waals surface area (Å²) in [4.78, 5) is 23.7. The summed E-state index contributed by atoms with van der Waals surface area (Å²) in [5.41, 5.74) is 5.17. The fourth-order valence-electron chi connectivity index (χ4n) is 3.08. The van der Waals surface area contributed by atoms with E-state index in [0.717, 1.165) is 22.6 Å². The topological polar surface area (TPSA) is 86.8 Å². The molecule has 0 fully saturated rings. The van der Waals surface area contributed by atoms with Gasteiger partial charge >= 0.3 is 0 Å². The third-order valence-corrected chi connectivity index (χ3v) is 5.21. The van der Waals surface area contributed by atoms with Gasteiger partial charge in [0.05, 0.1) is 23.1 Å². The van der Waals surface area contributed by atoms with Crippen LogP contribution in [0.25, 0.3) is 11.3 Å². The van der Waals surface area contributed by atoms with E-state index in [9.17, 15) is 4.79 Å². The maximum Gasteiger partial charge on any atom is 0.247 e. The maximum absolute atomic E-state index is 13.2. The zero-order valence-electron chi connectivity index (χ0n) is 15.8. The molecule has 8 heteroatoms. The van der Waals surface area contributed by atoms with Crippen molar-refractivity contribution in [1.82, 2.24) is 20.2 Å². The van der Waals surface area contributed by atoms with Gasteiger partial charge in [0.15, 0.2) is 0 Å². The number of likely N-dealkylation sites (N-methyl/N-ethyl adjacent to an activating group) is 1. The van der Waals surface area contributed by atoms with Crippen LogP contribution >= 0.6 is 11.3 Å². The largest absolute Gasteiger partial charge is 0.347 e. The van der Waals surface area contributed by atoms with Crippen molar-refractivity contribution in [1.29, 1.82) is 0 Å². The van der Waals surface area contributed by atoms with Crippen molar-refractivity contribution in [2.45, 2.75) is 12.5 Å². The summed E-state index contributed by atoms with van der Waals surface area (Å²) in [5, 5.41) is 11.8. The summed E-state index contributed by atoms with van der Waals surface area (Å²) in [6.45, 7) is 0. The van der Waals surface area contributed by atoms with Gasteiger partial charge in [0.25, 0.3) is 0 Å². The van der Waals surface area contributed by atoms with Gasteiger partial charge in [-0.2, -0.15) is 5.10 Å². The summed E-state index contributed by atoms with van der Waals surface area (Å²) in [7, 11) is 1.89. The molecule has 7 nitrogen and oxygen atoms in total. The first-order valence-corrected chi connectivity index (χ1v) is 10.1. The Morgan fingerprint density at radius 1 is 1.24 bits per heavy atom. The highest BCUT2D eigenvalue weighted by Gasteiger charge is 2.25. The third kappa shape index (κ3) is 4.49. The number of thiazole rings is 1. The van der Waals surface area contributed by atoms with E-state index in [1.54, 1.807) is 24.1 Å². The second-order valence-electron chi connectivity index (χ2n) is 6.58. The quantitative estimate of drug-likeness (QED) is 0.491. The number of aromatic nitrogens is 4. The van der Waals surface area contributed by atoms with Crippen LogP contribution in [-0.4, -0.2) is 39.2 Å². The van der Waals surface area contributed by atoms with E-state index in [1.165, 1.54) is 11.3 Å². The molecule has 0 aliphatic rings. The number of amides is 1. The summed E-state index contributed by atoms with van der Waals surface area (Å²) >= 11 is 1.50. The van der Waals surface area contributed by atoms with Gasteiger partial charge < -0.3 is 10.2 Å². The highest BCUT2D eigenvalue weighted by atomic mass is 32.1. The number of hydrogen-bond donors (Lipinski definition) is 2. The molecule has 1 atom stereocenters. The average Bonchev–Trinajstić information content (AvgIpc) is 3.47. The summed E-state index contributed by atoms with van der Waals surface area (Å²) in [6, 6.07) is 13.3. The highest BCUT2D eigenvalue weighted by Crippen LogP contribution is 2.21. The van der Waals surface area contributed by atoms with Crippen molar-refractivity contribution in [3.8, 4) is 11.3 Å². The lowest BCUT2D eigenvalue weighted by atomic mass is 10.0. The Kier molecular flexibility index (Phi) is 5.62. The molecular formula is C21H20N6OS. The first-order valence-electron chi connectivity index (χ1n) is 9.11. The van der Waals surface area contributed by atoms with Crippen LogP contribution in [0.15, 0.2) is 71.9 Å². The van der Waals surface area contributed by atoms with Gasteiger partial charge in [-0.25, -0.2) is 4.98 Å². The number of nitrogens with one attached hydrogen (secondary N) is 2. The van der Waals surface area contributed by atoms with Crippen molar-refractivity contribution in [2.24, 2.45) is 0 Å². The normalized spacial score (nSPS) is 11.8. The van der Waals surface area contributed by atoms with E-state index in [-0.39, 0.29) is 5.91 Å². The number of hydrogen-bond acceptors (Lipinski definition) is 6. The van der Waals surface area contributed by atoms with Crippen LogP contribution in [0.2, 0.25) is 0 Å². The number of nitrogens with zero attached hydrogens (tertiary/aromatic N) is 4. The maximum atomic E-state index is 13.2. The third-order valence-electron chi connectivity index (χ3n) is 4.64. The van der Waals surface area contributed by atoms with E-state index in [0.29, 0.717) is 12.1 Å². The lowest BCUT2D eigenvalue weighted by molar-refractivity contribution is -0.117. The predicted octanol–water partition coefficient (Wildman–Crippen LogP) is 3.61. The van der Waals surface area contributed by atoms with Crippen molar-refractivity contribution < 1.29 is 4.79 Å². The first kappa shape index (κ1) is 18.8. The minimum Gasteiger partial charge on any atom is -0.347 e. The molecule has 3 heterocycles. The van der Waals surface area contributed by atoms with Crippen LogP contribution in [0.5, 0.6) is 0 Å². The molecule has 0 aliphatic heterocycles. The highest BCUT2D eigenvalue weighted by molar-refractivity contribution is 7.07. The second-order valence-corrected chi connectivity index (χ2v) is 7.30. The minimum atomic E-state index is -0.421. The molecule has 0 saturated carbocycles. The van der Waals surface area contributed by atoms with E-state index in [1.807, 2.05) is 59.8 Å². The zero-order chi connectivity index (χ0) is 20.1. The molecule has 4 rings (SSSR count). The van der Waals surface area contributed by atoms with Crippen LogP contribution in [0.1, 0.15) is 5.56 Å². The Morgan fingerprint density at radius 2 is 2.10 bits per heavy atom. The molecule has 0 saturated heterocycles. The van der Waals surface area contributed by atoms with Gasteiger partial charge in [0, 0.05) is 36.8 Å². The zero-order valence-corrected chi connectivity index (χ0v) is 16.6. The molecule has 0 unspecified atom stereocenters. The summed E-state index contributed by atoms with van der Waals surface area (Å²) in [5.74, 6) is 0.656. The van der Waals surface area contributed by atoms with Gasteiger partial charge in [-0.3, -0.25) is 14.9 Å². The van der Waals surface area contributed by atoms with Gasteiger partial charge in [-0.1, -0.05) is 30.3 Å². The van der Waals surface area contributed by atoms with Crippen molar-refractivity contribution in [2.75, 3.05) is 17.3 Å². The minimum absolute atomic E-state index is 0.118. The van der Waals surface area contributed by atoms with Crippen LogP contribution in [0, 0.1) is 0 Å². The molecule has 0 bridgehead atoms. The van der Waals surface area contributed by atoms with Gasteiger partial charge in [0.1, 0.15) is 11.9 Å². The molecule has 1 amide bonds. The van der Waals surface area contributed by atoms with Crippen LogP contribution < -0.4 is 10.2 Å². The van der Waals surface area contributed by atoms with Crippen LogP contribution in [0.4, 0.5) is 11.5 Å². The first-order chi connectivity index (χ1) is 14.2. The number of anilines is 2. The smallest absolute Gasteiger partial charge is 0.247 e. The van der Waals surface area contributed by atoms with E-state index in [4.69, 9.17) is 0 Å². The average molecular weight is 404 g/mol. The Hall–Kier alpha value is -3.52. The van der Waals surface area contributed by atoms with Crippen LogP contribution in [0.3, 0.4) is 0 Å². The fraction of sp³-hybridized carbons (Fsp3) is 0.143. The molecule has 29 heavy (non-hydrogen) atoms. The predicted molar refractivity (Wildman–Crippen MR) is 115 cm³/mol. The van der Waals surface area contributed by atoms with Crippen LogP contribution in [-0.2, 0) is 11.2 Å². The Bertz CT molecular complexity index is 1050. The number of rotatable bonds is 7. The lowest BCUT2D eigenvalue weighted by Crippen LogP contribution is -2.43. The molecule has 0 radical (unpaired) electrons. The number of H-pyrrole nitrogens is 1. The summed E-state index contributed by atoms with van der Waals surface area (Å²) in [6.07, 6.45) is 5.61. The second kappa shape index (κ2) is 8.66. The lowest BCUT2D eigenvalue weighted by Gasteiger charge is -2.27. The number of carbonyl (C=O) groups is 1. The molecule has 0 spiro atoms. The Labute approximate surface area is 172 Å². The number of aromatic amines is 1. The molecule has 3 aromatic heterocycles. The van der Waals surface area contributed by atoms with Crippen molar-refractivity contribution in [3.05, 3.63) is 77.5 Å². The molecule has 0 aliphatic carbocycles. The standard InChI is InChI=1S/C21H20N6OS/c1-27(20-13-29-14-23-20)19(9-15-5-3-2-4-6-15)21(28)25-17-10-16(11-22-12-17)18-7-8-24-26-18/h2-8,10-14,19H,9H2,1H3,(H,24,26)(H,25,28)/t19-/m0/s1. The Morgan fingerprint density at radius 3 is 2.83 bits per heavy atom. The summed E-state index contributed by atoms with van der Waals surface area (Å²) < 4.78 is 0. The SMILES string of the molecule is CN(c1cscn1)[C@@H](Cc1ccccc1)C(=O)Nc1cncc(-c2ccn[nH]2)c1.